The molecule has 2 aliphatic carbocycles. The Morgan fingerprint density at radius 1 is 1.00 bits per heavy atom. The normalized spacial score (nSPS) is 23.4. The number of sulfonamides is 1. The molecule has 0 radical (unpaired) electrons. The van der Waals surface area contributed by atoms with Crippen molar-refractivity contribution in [3.05, 3.63) is 65.5 Å². The lowest BCUT2D eigenvalue weighted by atomic mass is 9.83. The highest BCUT2D eigenvalue weighted by atomic mass is 32.2. The Hall–Kier alpha value is -3.73. The molecule has 196 valence electrons. The van der Waals surface area contributed by atoms with Crippen LogP contribution in [0.15, 0.2) is 75.4 Å². The third-order valence-electron chi connectivity index (χ3n) is 6.67. The van der Waals surface area contributed by atoms with Crippen LogP contribution in [-0.4, -0.2) is 69.2 Å². The predicted octanol–water partition coefficient (Wildman–Crippen LogP) is 2.47. The second-order valence-corrected chi connectivity index (χ2v) is 10.6. The van der Waals surface area contributed by atoms with Crippen LogP contribution in [-0.2, 0) is 38.6 Å². The van der Waals surface area contributed by atoms with Crippen LogP contribution < -0.4 is 0 Å². The van der Waals surface area contributed by atoms with Crippen LogP contribution in [0.3, 0.4) is 0 Å². The number of nitrogens with zero attached hydrogens (tertiary/aromatic N) is 2. The molecule has 11 heteroatoms. The van der Waals surface area contributed by atoms with E-state index in [0.717, 1.165) is 49.9 Å². The molecule has 37 heavy (non-hydrogen) atoms. The molecule has 0 aromatic heterocycles. The third kappa shape index (κ3) is 4.37. The van der Waals surface area contributed by atoms with Crippen molar-refractivity contribution in [1.82, 2.24) is 4.31 Å². The highest BCUT2D eigenvalue weighted by Gasteiger charge is 2.62. The molecular formula is C26H28N2O8S. The Kier molecular flexibility index (Phi) is 7.35. The van der Waals surface area contributed by atoms with Gasteiger partial charge >= 0.3 is 11.9 Å². The van der Waals surface area contributed by atoms with E-state index in [1.165, 1.54) is 25.3 Å². The number of carbonyl (C=O) groups is 3. The second-order valence-electron chi connectivity index (χ2n) is 8.77. The van der Waals surface area contributed by atoms with Crippen molar-refractivity contribution in [3.8, 4) is 0 Å². The Morgan fingerprint density at radius 3 is 2.24 bits per heavy atom. The van der Waals surface area contributed by atoms with Gasteiger partial charge in [0.05, 0.1) is 37.8 Å². The van der Waals surface area contributed by atoms with Gasteiger partial charge in [-0.15, -0.1) is 0 Å². The summed E-state index contributed by atoms with van der Waals surface area (Å²) in [7, 11) is -1.02. The summed E-state index contributed by atoms with van der Waals surface area (Å²) in [5.41, 5.74) is -2.78. The summed E-state index contributed by atoms with van der Waals surface area (Å²) < 4.78 is 45.1. The minimum atomic E-state index is -4.49. The lowest BCUT2D eigenvalue weighted by Gasteiger charge is -2.39. The molecule has 1 aliphatic heterocycles. The van der Waals surface area contributed by atoms with Crippen molar-refractivity contribution in [1.29, 1.82) is 0 Å². The van der Waals surface area contributed by atoms with Gasteiger partial charge in [-0.3, -0.25) is 9.79 Å². The van der Waals surface area contributed by atoms with Crippen LogP contribution in [0.5, 0.6) is 0 Å². The minimum Gasteiger partial charge on any atom is -0.498 e. The number of esters is 2. The number of rotatable bonds is 6. The second kappa shape index (κ2) is 10.3. The van der Waals surface area contributed by atoms with Gasteiger partial charge in [0.15, 0.2) is 17.2 Å². The van der Waals surface area contributed by atoms with Crippen LogP contribution in [0.2, 0.25) is 0 Å². The number of aliphatic imine (C=N–C) groups is 1. The van der Waals surface area contributed by atoms with Gasteiger partial charge in [0.1, 0.15) is 11.3 Å². The quantitative estimate of drug-likeness (QED) is 0.515. The Labute approximate surface area is 215 Å². The first-order valence-corrected chi connectivity index (χ1v) is 13.3. The molecule has 1 heterocycles. The number of ether oxygens (including phenoxy) is 3. The monoisotopic (exact) mass is 528 g/mol. The SMILES string of the molecule is COC(=O)C1=C(C(=O)OC)C2(C=CC(=O)C=C2OC)N(S(=O)(=O)c2ccccc2)C1=NC1CCCCC1. The predicted molar refractivity (Wildman–Crippen MR) is 133 cm³/mol. The smallest absolute Gasteiger partial charge is 0.342 e. The van der Waals surface area contributed by atoms with Gasteiger partial charge < -0.3 is 14.2 Å². The molecular weight excluding hydrogens is 500 g/mol. The van der Waals surface area contributed by atoms with Gasteiger partial charge in [0.25, 0.3) is 10.0 Å². The third-order valence-corrected chi connectivity index (χ3v) is 8.47. The number of amidine groups is 1. The topological polar surface area (TPSA) is 129 Å². The first-order valence-electron chi connectivity index (χ1n) is 11.8. The maximum absolute atomic E-state index is 14.3. The summed E-state index contributed by atoms with van der Waals surface area (Å²) in [5, 5.41) is 0. The van der Waals surface area contributed by atoms with Crippen LogP contribution in [0.1, 0.15) is 32.1 Å². The summed E-state index contributed by atoms with van der Waals surface area (Å²) in [6, 6.07) is 7.25. The fraction of sp³-hybridized carbons (Fsp3) is 0.385. The Balaban J connectivity index is 2.14. The molecule has 0 N–H and O–H groups in total. The summed E-state index contributed by atoms with van der Waals surface area (Å²) in [6.45, 7) is 0. The van der Waals surface area contributed by atoms with E-state index in [4.69, 9.17) is 19.2 Å². The van der Waals surface area contributed by atoms with Crippen LogP contribution in [0.4, 0.5) is 0 Å². The highest BCUT2D eigenvalue weighted by Crippen LogP contribution is 2.48. The van der Waals surface area contributed by atoms with Gasteiger partial charge in [-0.05, 0) is 37.1 Å². The van der Waals surface area contributed by atoms with Crippen LogP contribution >= 0.6 is 0 Å². The van der Waals surface area contributed by atoms with E-state index in [0.29, 0.717) is 12.8 Å². The van der Waals surface area contributed by atoms with Crippen LogP contribution in [0, 0.1) is 0 Å². The van der Waals surface area contributed by atoms with Crippen molar-refractivity contribution in [2.75, 3.05) is 21.3 Å². The van der Waals surface area contributed by atoms with E-state index in [-0.39, 0.29) is 33.7 Å². The lowest BCUT2D eigenvalue weighted by Crippen LogP contribution is -2.54. The zero-order chi connectivity index (χ0) is 26.8. The average Bonchev–Trinajstić information content (AvgIpc) is 3.20. The molecule has 10 nitrogen and oxygen atoms in total. The summed E-state index contributed by atoms with van der Waals surface area (Å²) >= 11 is 0. The fourth-order valence-corrected chi connectivity index (χ4v) is 6.69. The number of ketones is 1. The molecule has 1 aromatic rings. The fourth-order valence-electron chi connectivity index (χ4n) is 4.99. The molecule has 1 spiro atoms. The van der Waals surface area contributed by atoms with Crippen molar-refractivity contribution in [3.63, 3.8) is 0 Å². The molecule has 4 rings (SSSR count). The van der Waals surface area contributed by atoms with Gasteiger partial charge in [-0.1, -0.05) is 37.5 Å². The molecule has 1 saturated carbocycles. The number of hydrogen-bond acceptors (Lipinski definition) is 9. The average molecular weight is 529 g/mol. The summed E-state index contributed by atoms with van der Waals surface area (Å²) in [4.78, 5) is 43.6. The van der Waals surface area contributed by atoms with Gasteiger partial charge in [0.2, 0.25) is 0 Å². The van der Waals surface area contributed by atoms with Crippen molar-refractivity contribution >= 4 is 33.6 Å². The molecule has 0 amide bonds. The first kappa shape index (κ1) is 26.3. The number of allylic oxidation sites excluding steroid dienone is 2. The summed E-state index contributed by atoms with van der Waals surface area (Å²) in [6.07, 6.45) is 7.58. The molecule has 0 saturated heterocycles. The Morgan fingerprint density at radius 2 is 1.65 bits per heavy atom. The van der Waals surface area contributed by atoms with E-state index < -0.39 is 33.3 Å². The highest BCUT2D eigenvalue weighted by molar-refractivity contribution is 7.89. The van der Waals surface area contributed by atoms with E-state index in [1.54, 1.807) is 18.2 Å². The van der Waals surface area contributed by atoms with Crippen molar-refractivity contribution in [2.24, 2.45) is 4.99 Å². The van der Waals surface area contributed by atoms with E-state index in [2.05, 4.69) is 0 Å². The maximum atomic E-state index is 14.3. The molecule has 1 fully saturated rings. The number of hydrogen-bond donors (Lipinski definition) is 0. The standard InChI is InChI=1S/C26H28N2O8S/c1-34-20-16-18(29)14-15-26(20)22(25(31)36-3)21(24(30)35-2)23(27-17-10-6-4-7-11-17)28(26)37(32,33)19-12-8-5-9-13-19/h5,8-9,12-17H,4,6-7,10-11H2,1-3H3. The van der Waals surface area contributed by atoms with Crippen molar-refractivity contribution < 1.29 is 37.0 Å². The van der Waals surface area contributed by atoms with Crippen LogP contribution in [0.25, 0.3) is 0 Å². The summed E-state index contributed by atoms with van der Waals surface area (Å²) in [5.74, 6) is -2.90. The zero-order valence-corrected chi connectivity index (χ0v) is 21.6. The Bertz CT molecular complexity index is 1340. The lowest BCUT2D eigenvalue weighted by molar-refractivity contribution is -0.139. The zero-order valence-electron chi connectivity index (χ0n) is 20.8. The van der Waals surface area contributed by atoms with E-state index in [1.807, 2.05) is 0 Å². The van der Waals surface area contributed by atoms with E-state index >= 15 is 0 Å². The first-order chi connectivity index (χ1) is 17.7. The largest absolute Gasteiger partial charge is 0.498 e. The molecule has 1 atom stereocenters. The van der Waals surface area contributed by atoms with Gasteiger partial charge in [0, 0.05) is 6.08 Å². The minimum absolute atomic E-state index is 0.109. The molecule has 1 aromatic carbocycles. The number of benzene rings is 1. The van der Waals surface area contributed by atoms with Gasteiger partial charge in [-0.2, -0.15) is 0 Å². The maximum Gasteiger partial charge on any atom is 0.342 e. The number of methoxy groups -OCH3 is 3. The van der Waals surface area contributed by atoms with E-state index in [9.17, 15) is 22.8 Å². The molecule has 0 bridgehead atoms. The molecule has 3 aliphatic rings. The van der Waals surface area contributed by atoms with Gasteiger partial charge in [-0.25, -0.2) is 22.3 Å². The number of carbonyl (C=O) groups excluding carboxylic acids is 3. The van der Waals surface area contributed by atoms with Crippen molar-refractivity contribution in [2.45, 2.75) is 48.6 Å². The molecule has 1 unspecified atom stereocenters.